The molecule has 5 rings (SSSR count). The Kier molecular flexibility index (Phi) is 10.2. The quantitative estimate of drug-likeness (QED) is 0.263. The first-order valence-electron chi connectivity index (χ1n) is 14.5. The van der Waals surface area contributed by atoms with Crippen LogP contribution in [0.3, 0.4) is 0 Å². The third-order valence-corrected chi connectivity index (χ3v) is 9.13. The van der Waals surface area contributed by atoms with Gasteiger partial charge in [-0.1, -0.05) is 49.4 Å². The molecule has 0 radical (unpaired) electrons. The number of likely N-dealkylation sites (tertiary alicyclic amines) is 1. The van der Waals surface area contributed by atoms with Gasteiger partial charge in [0.05, 0.1) is 4.47 Å². The van der Waals surface area contributed by atoms with Crippen molar-refractivity contribution in [1.82, 2.24) is 20.9 Å². The van der Waals surface area contributed by atoms with Crippen LogP contribution in [-0.2, 0) is 11.3 Å². The van der Waals surface area contributed by atoms with E-state index in [0.29, 0.717) is 11.5 Å². The molecular formula is C31H39BrN4O4S. The fourth-order valence-electron chi connectivity index (χ4n) is 5.46. The van der Waals surface area contributed by atoms with E-state index < -0.39 is 12.1 Å². The Balaban J connectivity index is 1.11. The normalized spacial score (nSPS) is 18.9. The smallest absolute Gasteiger partial charge is 0.414 e. The standard InChI is InChI=1S/C31H39BrN4O4S/c1-20(2)15-26(35-31(38)40-29-17-22-5-3-4-6-28(22)41-29)30(37)34-23-11-14-36(19-23)18-21-7-8-27(25(32)16-21)39-24-9-12-33-13-10-24/h3-8,16-17,20,23-24,26,33H,9-15,18-19H2,1-2H3,(H,34,37)(H,35,38)/t23-,26-/m0/s1. The molecule has 2 aliphatic heterocycles. The lowest BCUT2D eigenvalue weighted by atomic mass is 10.0. The summed E-state index contributed by atoms with van der Waals surface area (Å²) < 4.78 is 13.8. The van der Waals surface area contributed by atoms with Gasteiger partial charge in [-0.2, -0.15) is 0 Å². The summed E-state index contributed by atoms with van der Waals surface area (Å²) in [5.74, 6) is 0.957. The Labute approximate surface area is 254 Å². The van der Waals surface area contributed by atoms with Crippen molar-refractivity contribution in [2.24, 2.45) is 5.92 Å². The predicted octanol–water partition coefficient (Wildman–Crippen LogP) is 5.69. The average molecular weight is 644 g/mol. The Morgan fingerprint density at radius 2 is 1.93 bits per heavy atom. The minimum Gasteiger partial charge on any atom is -0.489 e. The van der Waals surface area contributed by atoms with Gasteiger partial charge >= 0.3 is 6.09 Å². The lowest BCUT2D eigenvalue weighted by Gasteiger charge is -2.25. The van der Waals surface area contributed by atoms with Crippen LogP contribution in [0.2, 0.25) is 0 Å². The number of fused-ring (bicyclic) bond motifs is 1. The van der Waals surface area contributed by atoms with E-state index in [0.717, 1.165) is 72.3 Å². The number of piperidine rings is 1. The van der Waals surface area contributed by atoms with Gasteiger partial charge in [0.25, 0.3) is 0 Å². The predicted molar refractivity (Wildman–Crippen MR) is 167 cm³/mol. The highest BCUT2D eigenvalue weighted by Gasteiger charge is 2.29. The van der Waals surface area contributed by atoms with Gasteiger partial charge in [0.1, 0.15) is 17.9 Å². The second-order valence-electron chi connectivity index (χ2n) is 11.4. The second-order valence-corrected chi connectivity index (χ2v) is 13.3. The molecule has 2 aromatic carbocycles. The number of carbonyl (C=O) groups excluding carboxylic acids is 2. The average Bonchev–Trinajstić information content (AvgIpc) is 3.56. The molecule has 3 aromatic rings. The van der Waals surface area contributed by atoms with Gasteiger partial charge in [0.15, 0.2) is 5.06 Å². The topological polar surface area (TPSA) is 91.9 Å². The van der Waals surface area contributed by atoms with Crippen LogP contribution >= 0.6 is 27.3 Å². The van der Waals surface area contributed by atoms with Crippen LogP contribution in [-0.4, -0.2) is 61.3 Å². The molecule has 2 fully saturated rings. The van der Waals surface area contributed by atoms with E-state index in [1.165, 1.54) is 16.9 Å². The Morgan fingerprint density at radius 3 is 2.68 bits per heavy atom. The molecule has 0 unspecified atom stereocenters. The monoisotopic (exact) mass is 642 g/mol. The number of benzene rings is 2. The molecule has 2 aliphatic rings. The van der Waals surface area contributed by atoms with E-state index in [1.807, 2.05) is 44.2 Å². The van der Waals surface area contributed by atoms with Gasteiger partial charge < -0.3 is 25.4 Å². The summed E-state index contributed by atoms with van der Waals surface area (Å²) in [5, 5.41) is 10.9. The first-order valence-corrected chi connectivity index (χ1v) is 16.1. The molecule has 0 spiro atoms. The fourth-order valence-corrected chi connectivity index (χ4v) is 6.89. The Bertz CT molecular complexity index is 1310. The second kappa shape index (κ2) is 14.0. The van der Waals surface area contributed by atoms with E-state index in [1.54, 1.807) is 0 Å². The number of nitrogens with zero attached hydrogens (tertiary/aromatic N) is 1. The zero-order valence-electron chi connectivity index (χ0n) is 23.7. The van der Waals surface area contributed by atoms with Gasteiger partial charge in [-0.05, 0) is 89.8 Å². The number of ether oxygens (including phenoxy) is 2. The minimum absolute atomic E-state index is 0.0311. The Morgan fingerprint density at radius 1 is 1.12 bits per heavy atom. The summed E-state index contributed by atoms with van der Waals surface area (Å²) in [6.07, 6.45) is 3.09. The van der Waals surface area contributed by atoms with Gasteiger partial charge in [-0.3, -0.25) is 9.69 Å². The molecule has 0 bridgehead atoms. The van der Waals surface area contributed by atoms with Gasteiger partial charge in [-0.25, -0.2) is 4.79 Å². The number of carbonyl (C=O) groups is 2. The molecule has 10 heteroatoms. The molecule has 2 amide bonds. The highest BCUT2D eigenvalue weighted by atomic mass is 79.9. The van der Waals surface area contributed by atoms with E-state index in [-0.39, 0.29) is 24.0 Å². The van der Waals surface area contributed by atoms with E-state index in [2.05, 4.69) is 55.0 Å². The van der Waals surface area contributed by atoms with E-state index in [9.17, 15) is 9.59 Å². The number of amides is 2. The van der Waals surface area contributed by atoms with Gasteiger partial charge in [0, 0.05) is 36.4 Å². The van der Waals surface area contributed by atoms with Crippen LogP contribution < -0.4 is 25.4 Å². The molecule has 2 atom stereocenters. The molecule has 0 aliphatic carbocycles. The number of hydrogen-bond acceptors (Lipinski definition) is 7. The van der Waals surface area contributed by atoms with Crippen molar-refractivity contribution in [1.29, 1.82) is 0 Å². The largest absolute Gasteiger partial charge is 0.489 e. The SMILES string of the molecule is CC(C)C[C@H](NC(=O)Oc1cc2ccccc2s1)C(=O)N[C@H]1CCN(Cc2ccc(OC3CCNCC3)c(Br)c2)C1. The van der Waals surface area contributed by atoms with Crippen molar-refractivity contribution >= 4 is 49.4 Å². The third-order valence-electron chi connectivity index (χ3n) is 7.51. The fraction of sp³-hybridized carbons (Fsp3) is 0.484. The molecule has 1 aromatic heterocycles. The molecule has 0 saturated carbocycles. The highest BCUT2D eigenvalue weighted by Crippen LogP contribution is 2.32. The zero-order valence-corrected chi connectivity index (χ0v) is 26.1. The maximum Gasteiger partial charge on any atom is 0.414 e. The number of hydrogen-bond donors (Lipinski definition) is 3. The van der Waals surface area contributed by atoms with Crippen LogP contribution in [0.4, 0.5) is 4.79 Å². The maximum atomic E-state index is 13.3. The minimum atomic E-state index is -0.658. The van der Waals surface area contributed by atoms with Crippen molar-refractivity contribution in [3.63, 3.8) is 0 Å². The summed E-state index contributed by atoms with van der Waals surface area (Å²) in [6.45, 7) is 8.53. The lowest BCUT2D eigenvalue weighted by Crippen LogP contribution is -2.51. The van der Waals surface area contributed by atoms with Crippen molar-refractivity contribution in [3.8, 4) is 10.8 Å². The molecule has 41 heavy (non-hydrogen) atoms. The van der Waals surface area contributed by atoms with Crippen LogP contribution in [0.25, 0.3) is 10.1 Å². The molecule has 2 saturated heterocycles. The number of thiophene rings is 1. The summed E-state index contributed by atoms with van der Waals surface area (Å²) in [7, 11) is 0. The van der Waals surface area contributed by atoms with E-state index in [4.69, 9.17) is 9.47 Å². The summed E-state index contributed by atoms with van der Waals surface area (Å²) >= 11 is 5.10. The first kappa shape index (κ1) is 29.8. The molecule has 8 nitrogen and oxygen atoms in total. The van der Waals surface area contributed by atoms with E-state index >= 15 is 0 Å². The molecular weight excluding hydrogens is 604 g/mol. The van der Waals surface area contributed by atoms with Crippen LogP contribution in [0.15, 0.2) is 53.0 Å². The highest BCUT2D eigenvalue weighted by molar-refractivity contribution is 9.10. The molecule has 3 heterocycles. The molecule has 3 N–H and O–H groups in total. The van der Waals surface area contributed by atoms with Gasteiger partial charge in [-0.15, -0.1) is 0 Å². The molecule has 220 valence electrons. The Hall–Kier alpha value is -2.66. The van der Waals surface area contributed by atoms with Crippen molar-refractivity contribution in [2.45, 2.75) is 64.3 Å². The lowest BCUT2D eigenvalue weighted by molar-refractivity contribution is -0.124. The van der Waals surface area contributed by atoms with Crippen LogP contribution in [0.5, 0.6) is 10.8 Å². The van der Waals surface area contributed by atoms with Crippen LogP contribution in [0, 0.1) is 5.92 Å². The maximum absolute atomic E-state index is 13.3. The van der Waals surface area contributed by atoms with Gasteiger partial charge in [0.2, 0.25) is 5.91 Å². The summed E-state index contributed by atoms with van der Waals surface area (Å²) in [5.41, 5.74) is 1.20. The first-order chi connectivity index (χ1) is 19.8. The zero-order chi connectivity index (χ0) is 28.8. The van der Waals surface area contributed by atoms with Crippen molar-refractivity contribution in [2.75, 3.05) is 26.2 Å². The van der Waals surface area contributed by atoms with Crippen LogP contribution in [0.1, 0.15) is 45.1 Å². The number of rotatable bonds is 10. The van der Waals surface area contributed by atoms with Crippen molar-refractivity contribution in [3.05, 3.63) is 58.6 Å². The number of nitrogens with one attached hydrogen (secondary N) is 3. The summed E-state index contributed by atoms with van der Waals surface area (Å²) in [6, 6.07) is 15.4. The number of halogens is 1. The third kappa shape index (κ3) is 8.44. The van der Waals surface area contributed by atoms with Crippen molar-refractivity contribution < 1.29 is 19.1 Å². The summed E-state index contributed by atoms with van der Waals surface area (Å²) in [4.78, 5) is 28.3.